The molecule has 1 heterocycles. The summed E-state index contributed by atoms with van der Waals surface area (Å²) in [6, 6.07) is 18.3. The van der Waals surface area contributed by atoms with Crippen LogP contribution in [0.5, 0.6) is 5.75 Å². The number of imide groups is 1. The van der Waals surface area contributed by atoms with E-state index in [-0.39, 0.29) is 12.2 Å². The summed E-state index contributed by atoms with van der Waals surface area (Å²) in [5.41, 5.74) is 1.24. The zero-order valence-electron chi connectivity index (χ0n) is 16.0. The lowest BCUT2D eigenvalue weighted by molar-refractivity contribution is 0.0650. The van der Waals surface area contributed by atoms with Gasteiger partial charge < -0.3 is 4.74 Å². The number of amides is 3. The maximum atomic E-state index is 13.3. The molecular weight excluding hydrogens is 387 g/mol. The highest BCUT2D eigenvalue weighted by Gasteiger charge is 2.37. The van der Waals surface area contributed by atoms with Gasteiger partial charge in [-0.25, -0.2) is 4.39 Å². The summed E-state index contributed by atoms with van der Waals surface area (Å²) in [7, 11) is 1.50. The highest BCUT2D eigenvalue weighted by atomic mass is 19.1. The predicted molar refractivity (Wildman–Crippen MR) is 108 cm³/mol. The van der Waals surface area contributed by atoms with E-state index in [9.17, 15) is 18.8 Å². The third-order valence-electron chi connectivity index (χ3n) is 4.86. The van der Waals surface area contributed by atoms with E-state index in [1.807, 2.05) is 0 Å². The van der Waals surface area contributed by atoms with E-state index < -0.39 is 23.5 Å². The summed E-state index contributed by atoms with van der Waals surface area (Å²) in [6.07, 6.45) is 0. The molecule has 0 radical (unpaired) electrons. The lowest BCUT2D eigenvalue weighted by atomic mass is 10.1. The van der Waals surface area contributed by atoms with Crippen molar-refractivity contribution in [1.82, 2.24) is 4.90 Å². The lowest BCUT2D eigenvalue weighted by Crippen LogP contribution is -2.44. The number of anilines is 1. The second kappa shape index (κ2) is 7.79. The average molecular weight is 404 g/mol. The van der Waals surface area contributed by atoms with Crippen LogP contribution >= 0.6 is 0 Å². The molecule has 0 aromatic heterocycles. The molecule has 0 saturated heterocycles. The van der Waals surface area contributed by atoms with Crippen molar-refractivity contribution in [3.8, 4) is 5.75 Å². The van der Waals surface area contributed by atoms with Crippen molar-refractivity contribution in [2.24, 2.45) is 0 Å². The third-order valence-corrected chi connectivity index (χ3v) is 4.86. The Bertz CT molecular complexity index is 1110. The lowest BCUT2D eigenvalue weighted by Gasteiger charge is -2.27. The SMILES string of the molecule is COc1cccc(N(CN2C(=O)c3ccccc3C2=O)C(=O)c2ccc(F)cc2)c1. The highest BCUT2D eigenvalue weighted by molar-refractivity contribution is 6.22. The number of carbonyl (C=O) groups excluding carboxylic acids is 3. The van der Waals surface area contributed by atoms with Crippen molar-refractivity contribution in [1.29, 1.82) is 0 Å². The fraction of sp³-hybridized carbons (Fsp3) is 0.0870. The molecule has 0 aliphatic carbocycles. The van der Waals surface area contributed by atoms with Crippen LogP contribution < -0.4 is 9.64 Å². The maximum Gasteiger partial charge on any atom is 0.263 e. The molecule has 0 atom stereocenters. The smallest absolute Gasteiger partial charge is 0.263 e. The van der Waals surface area contributed by atoms with Gasteiger partial charge >= 0.3 is 0 Å². The van der Waals surface area contributed by atoms with Gasteiger partial charge in [-0.15, -0.1) is 0 Å². The topological polar surface area (TPSA) is 66.9 Å². The van der Waals surface area contributed by atoms with Gasteiger partial charge in [-0.1, -0.05) is 18.2 Å². The van der Waals surface area contributed by atoms with Crippen LogP contribution in [-0.2, 0) is 0 Å². The van der Waals surface area contributed by atoms with Crippen molar-refractivity contribution >= 4 is 23.4 Å². The van der Waals surface area contributed by atoms with Gasteiger partial charge in [-0.05, 0) is 48.5 Å². The first-order valence-electron chi connectivity index (χ1n) is 9.16. The van der Waals surface area contributed by atoms with Gasteiger partial charge in [0.25, 0.3) is 17.7 Å². The summed E-state index contributed by atoms with van der Waals surface area (Å²) in [6.45, 7) is -0.296. The van der Waals surface area contributed by atoms with Crippen LogP contribution in [0.3, 0.4) is 0 Å². The van der Waals surface area contributed by atoms with Crippen LogP contribution in [0.2, 0.25) is 0 Å². The normalized spacial score (nSPS) is 12.7. The Balaban J connectivity index is 1.72. The Morgan fingerprint density at radius 1 is 0.933 bits per heavy atom. The molecule has 4 rings (SSSR count). The summed E-state index contributed by atoms with van der Waals surface area (Å²) in [5.74, 6) is -1.41. The number of carbonyl (C=O) groups is 3. The minimum Gasteiger partial charge on any atom is -0.497 e. The summed E-state index contributed by atoms with van der Waals surface area (Å²) in [5, 5.41) is 0. The number of hydrogen-bond donors (Lipinski definition) is 0. The number of fused-ring (bicyclic) bond motifs is 1. The number of ether oxygens (including phenoxy) is 1. The van der Waals surface area contributed by atoms with Crippen molar-refractivity contribution in [3.63, 3.8) is 0 Å². The third kappa shape index (κ3) is 3.41. The van der Waals surface area contributed by atoms with Crippen LogP contribution in [0.15, 0.2) is 72.8 Å². The predicted octanol–water partition coefficient (Wildman–Crippen LogP) is 3.73. The quantitative estimate of drug-likeness (QED) is 0.608. The number of benzene rings is 3. The molecule has 30 heavy (non-hydrogen) atoms. The van der Waals surface area contributed by atoms with Crippen molar-refractivity contribution < 1.29 is 23.5 Å². The first-order valence-corrected chi connectivity index (χ1v) is 9.16. The van der Waals surface area contributed by atoms with E-state index in [0.717, 1.165) is 4.90 Å². The van der Waals surface area contributed by atoms with Crippen LogP contribution in [-0.4, -0.2) is 36.4 Å². The molecule has 7 heteroatoms. The number of methoxy groups -OCH3 is 1. The van der Waals surface area contributed by atoms with Gasteiger partial charge in [0.1, 0.15) is 18.2 Å². The molecule has 150 valence electrons. The Hall–Kier alpha value is -4.00. The molecule has 0 bridgehead atoms. The molecule has 0 fully saturated rings. The molecular formula is C23H17FN2O4. The van der Waals surface area contributed by atoms with Gasteiger partial charge in [0.05, 0.1) is 18.2 Å². The molecule has 0 unspecified atom stereocenters. The van der Waals surface area contributed by atoms with Crippen molar-refractivity contribution in [2.75, 3.05) is 18.7 Å². The number of hydrogen-bond acceptors (Lipinski definition) is 4. The van der Waals surface area contributed by atoms with Crippen LogP contribution in [0.25, 0.3) is 0 Å². The molecule has 3 aromatic rings. The average Bonchev–Trinajstić information content (AvgIpc) is 3.02. The van der Waals surface area contributed by atoms with Gasteiger partial charge in [0, 0.05) is 17.3 Å². The van der Waals surface area contributed by atoms with Crippen molar-refractivity contribution in [3.05, 3.63) is 95.3 Å². The monoisotopic (exact) mass is 404 g/mol. The number of nitrogens with zero attached hydrogens (tertiary/aromatic N) is 2. The largest absolute Gasteiger partial charge is 0.497 e. The fourth-order valence-electron chi connectivity index (χ4n) is 3.30. The van der Waals surface area contributed by atoms with Gasteiger partial charge in [0.2, 0.25) is 0 Å². The first kappa shape index (κ1) is 19.3. The molecule has 0 spiro atoms. The van der Waals surface area contributed by atoms with E-state index in [2.05, 4.69) is 0 Å². The van der Waals surface area contributed by atoms with Crippen molar-refractivity contribution in [2.45, 2.75) is 0 Å². The summed E-state index contributed by atoms with van der Waals surface area (Å²) >= 11 is 0. The molecule has 0 N–H and O–H groups in total. The standard InChI is InChI=1S/C23H17FN2O4/c1-30-18-6-4-5-17(13-18)25(21(27)15-9-11-16(24)12-10-15)14-26-22(28)19-7-2-3-8-20(19)23(26)29/h2-13H,14H2,1H3. The maximum absolute atomic E-state index is 13.3. The molecule has 1 aliphatic heterocycles. The van der Waals surface area contributed by atoms with Gasteiger partial charge in [-0.2, -0.15) is 0 Å². The minimum absolute atomic E-state index is 0.218. The summed E-state index contributed by atoms with van der Waals surface area (Å²) < 4.78 is 18.5. The zero-order chi connectivity index (χ0) is 21.3. The van der Waals surface area contributed by atoms with E-state index in [0.29, 0.717) is 22.6 Å². The highest BCUT2D eigenvalue weighted by Crippen LogP contribution is 2.27. The van der Waals surface area contributed by atoms with Crippen LogP contribution in [0.1, 0.15) is 31.1 Å². The Morgan fingerprint density at radius 3 is 2.17 bits per heavy atom. The van der Waals surface area contributed by atoms with Crippen LogP contribution in [0.4, 0.5) is 10.1 Å². The molecule has 0 saturated carbocycles. The first-order chi connectivity index (χ1) is 14.5. The molecule has 3 aromatic carbocycles. The Morgan fingerprint density at radius 2 is 1.57 bits per heavy atom. The second-order valence-corrected chi connectivity index (χ2v) is 6.67. The van der Waals surface area contributed by atoms with E-state index in [4.69, 9.17) is 4.74 Å². The Kier molecular flexibility index (Phi) is 5.02. The molecule has 6 nitrogen and oxygen atoms in total. The second-order valence-electron chi connectivity index (χ2n) is 6.67. The van der Waals surface area contributed by atoms with E-state index >= 15 is 0 Å². The minimum atomic E-state index is -0.486. The van der Waals surface area contributed by atoms with E-state index in [1.54, 1.807) is 48.5 Å². The van der Waals surface area contributed by atoms with Gasteiger partial charge in [-0.3, -0.25) is 24.2 Å². The number of halogens is 1. The number of rotatable bonds is 5. The summed E-state index contributed by atoms with van der Waals surface area (Å²) in [4.78, 5) is 41.1. The Labute approximate surface area is 172 Å². The van der Waals surface area contributed by atoms with Crippen LogP contribution in [0, 0.1) is 5.82 Å². The fourth-order valence-corrected chi connectivity index (χ4v) is 3.30. The van der Waals surface area contributed by atoms with E-state index in [1.165, 1.54) is 36.3 Å². The molecule has 3 amide bonds. The molecule has 1 aliphatic rings. The zero-order valence-corrected chi connectivity index (χ0v) is 16.0. The van der Waals surface area contributed by atoms with Gasteiger partial charge in [0.15, 0.2) is 0 Å².